The number of amides is 2. The van der Waals surface area contributed by atoms with Crippen LogP contribution >= 0.6 is 0 Å². The van der Waals surface area contributed by atoms with Gasteiger partial charge < -0.3 is 19.6 Å². The molecule has 5 rings (SSSR count). The molecule has 1 spiro atoms. The Morgan fingerprint density at radius 2 is 2.11 bits per heavy atom. The minimum absolute atomic E-state index is 0.0557. The molecule has 4 heterocycles. The second-order valence-electron chi connectivity index (χ2n) is 8.30. The van der Waals surface area contributed by atoms with Crippen LogP contribution in [0.3, 0.4) is 0 Å². The molecule has 2 fully saturated rings. The van der Waals surface area contributed by atoms with Crippen molar-refractivity contribution < 1.29 is 24.2 Å². The molecule has 28 heavy (non-hydrogen) atoms. The molecule has 4 aliphatic rings. The van der Waals surface area contributed by atoms with Crippen molar-refractivity contribution in [3.05, 3.63) is 41.5 Å². The van der Waals surface area contributed by atoms with Crippen molar-refractivity contribution in [1.29, 1.82) is 0 Å². The number of hydrogen-bond donors (Lipinski definition) is 1. The fraction of sp³-hybridized carbons (Fsp3) is 0.476. The predicted molar refractivity (Wildman–Crippen MR) is 99.6 cm³/mol. The fourth-order valence-electron chi connectivity index (χ4n) is 5.59. The van der Waals surface area contributed by atoms with Crippen LogP contribution < -0.4 is 4.90 Å². The Labute approximate surface area is 162 Å². The summed E-state index contributed by atoms with van der Waals surface area (Å²) in [5.41, 5.74) is 1.77. The number of fused-ring (bicyclic) bond motifs is 4. The maximum atomic E-state index is 13.4. The standard InChI is InChI=1S/C21H22N2O5/c1-10-4-5-13-12(8-10)14(22(3)11(2)24)9-16-21-7-6-15(28-21)17(20(26)27)18(21)19(25)23(13)16/h4-8,14-18H,9H2,1-3H3,(H,26,27)/t14-,15-,16-,17-,18+,21-/m0/s1. The number of carboxylic acid groups (broad SMARTS) is 1. The average Bonchev–Trinajstić information content (AvgIpc) is 3.29. The van der Waals surface area contributed by atoms with Gasteiger partial charge in [-0.05, 0) is 25.0 Å². The van der Waals surface area contributed by atoms with Crippen molar-refractivity contribution in [2.24, 2.45) is 11.8 Å². The highest BCUT2D eigenvalue weighted by atomic mass is 16.5. The highest BCUT2D eigenvalue weighted by Crippen LogP contribution is 2.59. The first-order valence-electron chi connectivity index (χ1n) is 9.53. The van der Waals surface area contributed by atoms with Gasteiger partial charge in [-0.15, -0.1) is 0 Å². The topological polar surface area (TPSA) is 87.2 Å². The van der Waals surface area contributed by atoms with Gasteiger partial charge in [-0.3, -0.25) is 14.4 Å². The second-order valence-corrected chi connectivity index (χ2v) is 8.30. The molecule has 2 amide bonds. The van der Waals surface area contributed by atoms with Crippen LogP contribution in [0.2, 0.25) is 0 Å². The summed E-state index contributed by atoms with van der Waals surface area (Å²) in [5.74, 6) is -2.87. The van der Waals surface area contributed by atoms with E-state index in [1.54, 1.807) is 22.9 Å². The Morgan fingerprint density at radius 3 is 2.79 bits per heavy atom. The molecule has 4 aliphatic heterocycles. The molecule has 2 saturated heterocycles. The maximum absolute atomic E-state index is 13.4. The van der Waals surface area contributed by atoms with E-state index in [9.17, 15) is 19.5 Å². The largest absolute Gasteiger partial charge is 0.481 e. The molecule has 0 saturated carbocycles. The van der Waals surface area contributed by atoms with E-state index in [1.807, 2.05) is 31.2 Å². The van der Waals surface area contributed by atoms with Gasteiger partial charge in [0.15, 0.2) is 0 Å². The molecule has 7 heteroatoms. The summed E-state index contributed by atoms with van der Waals surface area (Å²) >= 11 is 0. The molecule has 0 radical (unpaired) electrons. The first-order chi connectivity index (χ1) is 13.3. The SMILES string of the molecule is CC(=O)N(C)[C@H]1C[C@@H]2N(C(=O)[C@H]3[C@@H](C(=O)O)[C@@H]4C=C[C@]23O4)c2ccc(C)cc21. The van der Waals surface area contributed by atoms with Crippen molar-refractivity contribution in [3.63, 3.8) is 0 Å². The first kappa shape index (κ1) is 17.4. The quantitative estimate of drug-likeness (QED) is 0.786. The number of benzene rings is 1. The molecule has 7 nitrogen and oxygen atoms in total. The number of carbonyl (C=O) groups excluding carboxylic acids is 2. The number of ether oxygens (including phenoxy) is 1. The molecule has 146 valence electrons. The summed E-state index contributed by atoms with van der Waals surface area (Å²) in [7, 11) is 1.77. The number of rotatable bonds is 2. The van der Waals surface area contributed by atoms with Crippen LogP contribution in [0.1, 0.15) is 30.5 Å². The number of aliphatic carboxylic acids is 1. The van der Waals surface area contributed by atoms with Crippen LogP contribution in [0, 0.1) is 18.8 Å². The van der Waals surface area contributed by atoms with Crippen molar-refractivity contribution >= 4 is 23.5 Å². The van der Waals surface area contributed by atoms with Gasteiger partial charge in [0.1, 0.15) is 11.5 Å². The lowest BCUT2D eigenvalue weighted by atomic mass is 9.73. The van der Waals surface area contributed by atoms with Gasteiger partial charge >= 0.3 is 5.97 Å². The predicted octanol–water partition coefficient (Wildman–Crippen LogP) is 1.66. The Hall–Kier alpha value is -2.67. The highest BCUT2D eigenvalue weighted by Gasteiger charge is 2.72. The van der Waals surface area contributed by atoms with Crippen LogP contribution in [0.4, 0.5) is 5.69 Å². The first-order valence-corrected chi connectivity index (χ1v) is 9.53. The fourth-order valence-corrected chi connectivity index (χ4v) is 5.59. The molecule has 6 atom stereocenters. The molecular weight excluding hydrogens is 360 g/mol. The second kappa shape index (κ2) is 5.44. The van der Waals surface area contributed by atoms with Crippen LogP contribution in [0.5, 0.6) is 0 Å². The molecule has 0 unspecified atom stereocenters. The van der Waals surface area contributed by atoms with E-state index in [0.717, 1.165) is 16.8 Å². The van der Waals surface area contributed by atoms with E-state index in [-0.39, 0.29) is 23.9 Å². The zero-order valence-electron chi connectivity index (χ0n) is 16.0. The Bertz CT molecular complexity index is 956. The Morgan fingerprint density at radius 1 is 1.36 bits per heavy atom. The number of carboxylic acids is 1. The number of nitrogens with zero attached hydrogens (tertiary/aromatic N) is 2. The monoisotopic (exact) mass is 382 g/mol. The Balaban J connectivity index is 1.68. The molecule has 1 aromatic carbocycles. The summed E-state index contributed by atoms with van der Waals surface area (Å²) in [6, 6.07) is 5.32. The lowest BCUT2D eigenvalue weighted by Gasteiger charge is -2.43. The molecule has 1 aromatic rings. The van der Waals surface area contributed by atoms with Gasteiger partial charge in [0.2, 0.25) is 11.8 Å². The van der Waals surface area contributed by atoms with E-state index in [0.29, 0.717) is 6.42 Å². The van der Waals surface area contributed by atoms with Crippen LogP contribution in [-0.4, -0.2) is 52.6 Å². The maximum Gasteiger partial charge on any atom is 0.310 e. The van der Waals surface area contributed by atoms with Gasteiger partial charge in [0, 0.05) is 19.7 Å². The molecular formula is C21H22N2O5. The lowest BCUT2D eigenvalue weighted by Crippen LogP contribution is -2.50. The summed E-state index contributed by atoms with van der Waals surface area (Å²) < 4.78 is 6.17. The summed E-state index contributed by atoms with van der Waals surface area (Å²) in [6.07, 6.45) is 3.60. The van der Waals surface area contributed by atoms with Gasteiger partial charge in [0.05, 0.1) is 24.1 Å². The third-order valence-electron chi connectivity index (χ3n) is 6.92. The van der Waals surface area contributed by atoms with Crippen molar-refractivity contribution in [1.82, 2.24) is 4.90 Å². The number of aryl methyl sites for hydroxylation is 1. The minimum atomic E-state index is -1.00. The van der Waals surface area contributed by atoms with E-state index in [2.05, 4.69) is 0 Å². The van der Waals surface area contributed by atoms with Crippen LogP contribution in [0.15, 0.2) is 30.4 Å². The zero-order valence-corrected chi connectivity index (χ0v) is 16.0. The van der Waals surface area contributed by atoms with E-state index in [1.165, 1.54) is 6.92 Å². The Kier molecular flexibility index (Phi) is 3.39. The highest BCUT2D eigenvalue weighted by molar-refractivity contribution is 6.04. The van der Waals surface area contributed by atoms with Gasteiger partial charge in [0.25, 0.3) is 0 Å². The van der Waals surface area contributed by atoms with E-state index >= 15 is 0 Å². The average molecular weight is 382 g/mol. The smallest absolute Gasteiger partial charge is 0.310 e. The van der Waals surface area contributed by atoms with Gasteiger partial charge in [-0.1, -0.05) is 29.8 Å². The molecule has 2 bridgehead atoms. The normalized spacial score (nSPS) is 36.9. The molecule has 0 aromatic heterocycles. The minimum Gasteiger partial charge on any atom is -0.481 e. The summed E-state index contributed by atoms with van der Waals surface area (Å²) in [4.78, 5) is 40.9. The van der Waals surface area contributed by atoms with Crippen LogP contribution in [0.25, 0.3) is 0 Å². The third-order valence-corrected chi connectivity index (χ3v) is 6.92. The summed E-state index contributed by atoms with van der Waals surface area (Å²) in [6.45, 7) is 3.51. The number of carbonyl (C=O) groups is 3. The van der Waals surface area contributed by atoms with Crippen molar-refractivity contribution in [3.8, 4) is 0 Å². The van der Waals surface area contributed by atoms with E-state index in [4.69, 9.17) is 4.74 Å². The van der Waals surface area contributed by atoms with Crippen molar-refractivity contribution in [2.75, 3.05) is 11.9 Å². The molecule has 1 N–H and O–H groups in total. The number of anilines is 1. The van der Waals surface area contributed by atoms with Gasteiger partial charge in [-0.25, -0.2) is 0 Å². The summed E-state index contributed by atoms with van der Waals surface area (Å²) in [5, 5.41) is 9.74. The zero-order chi connectivity index (χ0) is 20.0. The van der Waals surface area contributed by atoms with E-state index < -0.39 is 29.5 Å². The van der Waals surface area contributed by atoms with Gasteiger partial charge in [-0.2, -0.15) is 0 Å². The van der Waals surface area contributed by atoms with Crippen LogP contribution in [-0.2, 0) is 19.1 Å². The third kappa shape index (κ3) is 1.95. The number of hydrogen-bond acceptors (Lipinski definition) is 4. The lowest BCUT2D eigenvalue weighted by molar-refractivity contribution is -0.146. The molecule has 0 aliphatic carbocycles. The van der Waals surface area contributed by atoms with Crippen molar-refractivity contribution in [2.45, 2.75) is 44.1 Å².